The first-order chi connectivity index (χ1) is 14.4. The van der Waals surface area contributed by atoms with Gasteiger partial charge >= 0.3 is 0 Å². The molecule has 0 aliphatic heterocycles. The van der Waals surface area contributed by atoms with Crippen LogP contribution in [0, 0.1) is 0 Å². The number of hydrogen-bond donors (Lipinski definition) is 1. The van der Waals surface area contributed by atoms with Gasteiger partial charge in [-0.05, 0) is 61.9 Å². The van der Waals surface area contributed by atoms with Gasteiger partial charge in [0.2, 0.25) is 5.91 Å². The molecule has 0 radical (unpaired) electrons. The van der Waals surface area contributed by atoms with Crippen LogP contribution < -0.4 is 10.1 Å². The highest BCUT2D eigenvalue weighted by atomic mass is 35.5. The van der Waals surface area contributed by atoms with Crippen molar-refractivity contribution in [2.75, 3.05) is 17.7 Å². The Balaban J connectivity index is 1.51. The van der Waals surface area contributed by atoms with Crippen LogP contribution >= 0.6 is 22.9 Å². The Bertz CT molecular complexity index is 1090. The van der Waals surface area contributed by atoms with E-state index in [-0.39, 0.29) is 29.4 Å². The molecule has 0 atom stereocenters. The highest BCUT2D eigenvalue weighted by Crippen LogP contribution is 2.26. The minimum atomic E-state index is -3.45. The van der Waals surface area contributed by atoms with E-state index in [4.69, 9.17) is 16.3 Å². The number of nitrogens with zero attached hydrogens (tertiary/aromatic N) is 1. The number of thiazole rings is 1. The fourth-order valence-corrected chi connectivity index (χ4v) is 4.89. The molecule has 0 fully saturated rings. The normalized spacial score (nSPS) is 11.3. The summed E-state index contributed by atoms with van der Waals surface area (Å²) in [6.45, 7) is 2.53. The van der Waals surface area contributed by atoms with E-state index in [0.717, 1.165) is 17.0 Å². The first-order valence-electron chi connectivity index (χ1n) is 9.34. The number of amides is 1. The van der Waals surface area contributed by atoms with Gasteiger partial charge in [-0.2, -0.15) is 0 Å². The van der Waals surface area contributed by atoms with Gasteiger partial charge < -0.3 is 10.1 Å². The predicted octanol–water partition coefficient (Wildman–Crippen LogP) is 5.05. The fraction of sp³-hybridized carbons (Fsp3) is 0.238. The second-order valence-electron chi connectivity index (χ2n) is 6.42. The Hall–Kier alpha value is -2.42. The monoisotopic (exact) mass is 464 g/mol. The number of carbonyl (C=O) groups is 1. The number of hydrogen-bond acceptors (Lipinski definition) is 6. The molecule has 1 amide bonds. The van der Waals surface area contributed by atoms with Crippen LogP contribution in [-0.4, -0.2) is 31.7 Å². The number of sulfone groups is 1. The van der Waals surface area contributed by atoms with Crippen molar-refractivity contribution in [3.8, 4) is 17.0 Å². The molecule has 30 heavy (non-hydrogen) atoms. The summed E-state index contributed by atoms with van der Waals surface area (Å²) in [5.41, 5.74) is 1.67. The van der Waals surface area contributed by atoms with Crippen LogP contribution in [0.15, 0.2) is 58.8 Å². The number of anilines is 1. The molecule has 1 N–H and O–H groups in total. The van der Waals surface area contributed by atoms with Crippen molar-refractivity contribution < 1.29 is 17.9 Å². The van der Waals surface area contributed by atoms with Gasteiger partial charge in [0.15, 0.2) is 15.0 Å². The lowest BCUT2D eigenvalue weighted by Gasteiger charge is -2.05. The van der Waals surface area contributed by atoms with Crippen molar-refractivity contribution in [2.45, 2.75) is 24.7 Å². The maximum atomic E-state index is 12.3. The SMILES string of the molecule is CCOc1ccc(-c2csc(NC(=O)CCCS(=O)(=O)c3ccc(Cl)cc3)n2)cc1. The van der Waals surface area contributed by atoms with Gasteiger partial charge in [-0.15, -0.1) is 11.3 Å². The quantitative estimate of drug-likeness (QED) is 0.478. The van der Waals surface area contributed by atoms with Crippen molar-refractivity contribution in [3.63, 3.8) is 0 Å². The van der Waals surface area contributed by atoms with Gasteiger partial charge in [0.05, 0.1) is 22.9 Å². The molecule has 0 unspecified atom stereocenters. The number of carbonyl (C=O) groups excluding carboxylic acids is 1. The van der Waals surface area contributed by atoms with Gasteiger partial charge in [-0.1, -0.05) is 11.6 Å². The first kappa shape index (κ1) is 22.3. The Kier molecular flexibility index (Phi) is 7.47. The third kappa shape index (κ3) is 6.04. The summed E-state index contributed by atoms with van der Waals surface area (Å²) in [4.78, 5) is 16.8. The topological polar surface area (TPSA) is 85.4 Å². The zero-order chi connectivity index (χ0) is 21.6. The van der Waals surface area contributed by atoms with Crippen LogP contribution in [-0.2, 0) is 14.6 Å². The third-order valence-corrected chi connectivity index (χ3v) is 7.03. The Morgan fingerprint density at radius 1 is 1.13 bits per heavy atom. The highest BCUT2D eigenvalue weighted by Gasteiger charge is 2.15. The smallest absolute Gasteiger partial charge is 0.226 e. The lowest BCUT2D eigenvalue weighted by atomic mass is 10.2. The highest BCUT2D eigenvalue weighted by molar-refractivity contribution is 7.91. The lowest BCUT2D eigenvalue weighted by Crippen LogP contribution is -2.14. The minimum Gasteiger partial charge on any atom is -0.494 e. The number of benzene rings is 2. The molecular formula is C21H21ClN2O4S2. The second-order valence-corrected chi connectivity index (χ2v) is 9.82. The average molecular weight is 465 g/mol. The van der Waals surface area contributed by atoms with Crippen LogP contribution in [0.1, 0.15) is 19.8 Å². The number of rotatable bonds is 9. The Morgan fingerprint density at radius 3 is 2.50 bits per heavy atom. The van der Waals surface area contributed by atoms with E-state index in [1.807, 2.05) is 36.6 Å². The van der Waals surface area contributed by atoms with Crippen LogP contribution in [0.25, 0.3) is 11.3 Å². The number of nitrogens with one attached hydrogen (secondary N) is 1. The molecule has 1 heterocycles. The molecule has 0 spiro atoms. The van der Waals surface area contributed by atoms with E-state index in [2.05, 4.69) is 10.3 Å². The number of halogens is 1. The summed E-state index contributed by atoms with van der Waals surface area (Å²) in [6.07, 6.45) is 0.304. The van der Waals surface area contributed by atoms with E-state index in [1.54, 1.807) is 0 Å². The maximum Gasteiger partial charge on any atom is 0.226 e. The number of ether oxygens (including phenoxy) is 1. The third-order valence-electron chi connectivity index (χ3n) is 4.20. The van der Waals surface area contributed by atoms with E-state index in [0.29, 0.717) is 16.8 Å². The molecular weight excluding hydrogens is 444 g/mol. The van der Waals surface area contributed by atoms with Crippen LogP contribution in [0.4, 0.5) is 5.13 Å². The number of aromatic nitrogens is 1. The standard InChI is InChI=1S/C21H21ClN2O4S2/c1-2-28-17-9-5-15(6-10-17)19-14-29-21(23-19)24-20(25)4-3-13-30(26,27)18-11-7-16(22)8-12-18/h5-12,14H,2-4,13H2,1H3,(H,23,24,25). The Morgan fingerprint density at radius 2 is 1.83 bits per heavy atom. The van der Waals surface area contributed by atoms with Crippen molar-refractivity contribution >= 4 is 43.8 Å². The Labute approximate surface area is 184 Å². The molecule has 0 aliphatic rings. The van der Waals surface area contributed by atoms with Gasteiger partial charge in [0.1, 0.15) is 5.75 Å². The maximum absolute atomic E-state index is 12.3. The molecule has 9 heteroatoms. The summed E-state index contributed by atoms with van der Waals surface area (Å²) in [6, 6.07) is 13.6. The first-order valence-corrected chi connectivity index (χ1v) is 12.3. The van der Waals surface area contributed by atoms with Crippen molar-refractivity contribution in [2.24, 2.45) is 0 Å². The zero-order valence-corrected chi connectivity index (χ0v) is 18.7. The van der Waals surface area contributed by atoms with Crippen LogP contribution in [0.3, 0.4) is 0 Å². The van der Waals surface area contributed by atoms with Crippen molar-refractivity contribution in [1.29, 1.82) is 0 Å². The van der Waals surface area contributed by atoms with Crippen molar-refractivity contribution in [3.05, 3.63) is 58.9 Å². The summed E-state index contributed by atoms with van der Waals surface area (Å²) in [5.74, 6) is 0.407. The van der Waals surface area contributed by atoms with Gasteiger partial charge in [0.25, 0.3) is 0 Å². The van der Waals surface area contributed by atoms with Gasteiger partial charge in [-0.25, -0.2) is 13.4 Å². The molecule has 0 saturated heterocycles. The fourth-order valence-electron chi connectivity index (χ4n) is 2.72. The molecule has 2 aromatic carbocycles. The molecule has 0 aliphatic carbocycles. The largest absolute Gasteiger partial charge is 0.494 e. The zero-order valence-electron chi connectivity index (χ0n) is 16.3. The van der Waals surface area contributed by atoms with Gasteiger partial charge in [0, 0.05) is 22.4 Å². The summed E-state index contributed by atoms with van der Waals surface area (Å²) >= 11 is 7.11. The van der Waals surface area contributed by atoms with E-state index >= 15 is 0 Å². The molecule has 1 aromatic heterocycles. The molecule has 0 bridgehead atoms. The molecule has 6 nitrogen and oxygen atoms in total. The average Bonchev–Trinajstić information content (AvgIpc) is 3.17. The van der Waals surface area contributed by atoms with Gasteiger partial charge in [-0.3, -0.25) is 4.79 Å². The predicted molar refractivity (Wildman–Crippen MR) is 120 cm³/mol. The van der Waals surface area contributed by atoms with E-state index in [1.165, 1.54) is 35.6 Å². The minimum absolute atomic E-state index is 0.0881. The van der Waals surface area contributed by atoms with Crippen LogP contribution in [0.5, 0.6) is 5.75 Å². The summed E-state index contributed by atoms with van der Waals surface area (Å²) < 4.78 is 30.1. The van der Waals surface area contributed by atoms with E-state index in [9.17, 15) is 13.2 Å². The van der Waals surface area contributed by atoms with Crippen molar-refractivity contribution in [1.82, 2.24) is 4.98 Å². The lowest BCUT2D eigenvalue weighted by molar-refractivity contribution is -0.116. The molecule has 3 rings (SSSR count). The molecule has 0 saturated carbocycles. The van der Waals surface area contributed by atoms with Crippen LogP contribution in [0.2, 0.25) is 5.02 Å². The summed E-state index contributed by atoms with van der Waals surface area (Å²) in [7, 11) is -3.45. The molecule has 158 valence electrons. The van der Waals surface area contributed by atoms with E-state index < -0.39 is 9.84 Å². The summed E-state index contributed by atoms with van der Waals surface area (Å²) in [5, 5.41) is 5.54. The molecule has 3 aromatic rings. The second kappa shape index (κ2) is 10.1.